The van der Waals surface area contributed by atoms with Crippen LogP contribution in [0.15, 0.2) is 36.2 Å². The number of aromatic nitrogens is 3. The van der Waals surface area contributed by atoms with E-state index in [0.29, 0.717) is 13.1 Å². The molecule has 1 aliphatic rings. The molecule has 0 bridgehead atoms. The molecular formula is C18H20N6OS. The third-order valence-corrected chi connectivity index (χ3v) is 5.58. The Morgan fingerprint density at radius 1 is 1.46 bits per heavy atom. The van der Waals surface area contributed by atoms with Gasteiger partial charge in [-0.1, -0.05) is 6.07 Å². The summed E-state index contributed by atoms with van der Waals surface area (Å²) >= 11 is 1.66. The number of carbonyl (C=O) groups excluding carboxylic acids is 1. The number of rotatable bonds is 4. The lowest BCUT2D eigenvalue weighted by atomic mass is 10.2. The highest BCUT2D eigenvalue weighted by molar-refractivity contribution is 7.18. The summed E-state index contributed by atoms with van der Waals surface area (Å²) in [6.45, 7) is 4.67. The zero-order valence-electron chi connectivity index (χ0n) is 14.5. The standard InChI is InChI=1S/C18H20N6OS/c1-12-10-26-16-15(12)22-11-23-17(16)24-6-5-20-14(9-24)18(25)21-8-13-3-2-4-19-7-13/h2-4,7,10-11,14,20H,5-6,8-9H2,1H3,(H,21,25)/t14-/m0/s1. The Labute approximate surface area is 155 Å². The molecule has 1 fully saturated rings. The van der Waals surface area contributed by atoms with E-state index in [1.54, 1.807) is 30.1 Å². The Kier molecular flexibility index (Phi) is 4.77. The van der Waals surface area contributed by atoms with Crippen molar-refractivity contribution < 1.29 is 4.79 Å². The second-order valence-electron chi connectivity index (χ2n) is 6.33. The molecule has 26 heavy (non-hydrogen) atoms. The van der Waals surface area contributed by atoms with Gasteiger partial charge in [0, 0.05) is 38.6 Å². The van der Waals surface area contributed by atoms with E-state index < -0.39 is 0 Å². The molecule has 0 aliphatic carbocycles. The summed E-state index contributed by atoms with van der Waals surface area (Å²) in [7, 11) is 0. The number of hydrogen-bond acceptors (Lipinski definition) is 7. The highest BCUT2D eigenvalue weighted by atomic mass is 32.1. The molecule has 1 amide bonds. The van der Waals surface area contributed by atoms with E-state index in [1.165, 1.54) is 0 Å². The first-order valence-corrected chi connectivity index (χ1v) is 9.44. The fourth-order valence-corrected chi connectivity index (χ4v) is 4.13. The Bertz CT molecular complexity index is 912. The largest absolute Gasteiger partial charge is 0.352 e. The van der Waals surface area contributed by atoms with Crippen LogP contribution in [0.5, 0.6) is 0 Å². The van der Waals surface area contributed by atoms with Crippen LogP contribution >= 0.6 is 11.3 Å². The molecule has 0 unspecified atom stereocenters. The lowest BCUT2D eigenvalue weighted by Crippen LogP contribution is -2.57. The van der Waals surface area contributed by atoms with Crippen LogP contribution in [0.3, 0.4) is 0 Å². The molecule has 134 valence electrons. The first-order valence-electron chi connectivity index (χ1n) is 8.56. The number of nitrogens with one attached hydrogen (secondary N) is 2. The summed E-state index contributed by atoms with van der Waals surface area (Å²) in [6, 6.07) is 3.54. The number of fused-ring (bicyclic) bond motifs is 1. The second kappa shape index (κ2) is 7.35. The molecule has 1 atom stereocenters. The van der Waals surface area contributed by atoms with Crippen molar-refractivity contribution in [2.45, 2.75) is 19.5 Å². The number of piperazine rings is 1. The van der Waals surface area contributed by atoms with Crippen molar-refractivity contribution in [3.8, 4) is 0 Å². The molecule has 3 aromatic heterocycles. The van der Waals surface area contributed by atoms with Crippen molar-refractivity contribution in [3.63, 3.8) is 0 Å². The van der Waals surface area contributed by atoms with E-state index in [0.717, 1.165) is 40.3 Å². The minimum atomic E-state index is -0.272. The maximum absolute atomic E-state index is 12.6. The fourth-order valence-electron chi connectivity index (χ4n) is 3.12. The molecule has 8 heteroatoms. The number of pyridine rings is 1. The van der Waals surface area contributed by atoms with Crippen LogP contribution in [0.25, 0.3) is 10.2 Å². The van der Waals surface area contributed by atoms with Crippen LogP contribution in [0, 0.1) is 6.92 Å². The van der Waals surface area contributed by atoms with E-state index in [1.807, 2.05) is 12.1 Å². The predicted octanol–water partition coefficient (Wildman–Crippen LogP) is 1.49. The van der Waals surface area contributed by atoms with E-state index in [2.05, 4.69) is 42.8 Å². The quantitative estimate of drug-likeness (QED) is 0.726. The summed E-state index contributed by atoms with van der Waals surface area (Å²) in [5.74, 6) is 0.908. The van der Waals surface area contributed by atoms with Crippen LogP contribution in [-0.4, -0.2) is 46.5 Å². The van der Waals surface area contributed by atoms with E-state index in [4.69, 9.17) is 0 Å². The maximum Gasteiger partial charge on any atom is 0.239 e. The topological polar surface area (TPSA) is 83.0 Å². The van der Waals surface area contributed by atoms with Crippen molar-refractivity contribution in [3.05, 3.63) is 47.4 Å². The third kappa shape index (κ3) is 3.38. The molecule has 0 radical (unpaired) electrons. The monoisotopic (exact) mass is 368 g/mol. The van der Waals surface area contributed by atoms with Gasteiger partial charge in [0.25, 0.3) is 0 Å². The average Bonchev–Trinajstić information content (AvgIpc) is 3.08. The van der Waals surface area contributed by atoms with Gasteiger partial charge in [0.1, 0.15) is 18.2 Å². The van der Waals surface area contributed by atoms with Crippen LogP contribution in [-0.2, 0) is 11.3 Å². The van der Waals surface area contributed by atoms with Crippen molar-refractivity contribution >= 4 is 33.3 Å². The number of thiophene rings is 1. The molecule has 2 N–H and O–H groups in total. The lowest BCUT2D eigenvalue weighted by Gasteiger charge is -2.33. The smallest absolute Gasteiger partial charge is 0.239 e. The highest BCUT2D eigenvalue weighted by Gasteiger charge is 2.27. The van der Waals surface area contributed by atoms with Gasteiger partial charge in [0.05, 0.1) is 10.2 Å². The Hall–Kier alpha value is -2.58. The number of carbonyl (C=O) groups is 1. The first kappa shape index (κ1) is 16.9. The number of anilines is 1. The van der Waals surface area contributed by atoms with Gasteiger partial charge in [0.15, 0.2) is 0 Å². The van der Waals surface area contributed by atoms with Gasteiger partial charge in [-0.2, -0.15) is 0 Å². The Morgan fingerprint density at radius 2 is 2.38 bits per heavy atom. The Balaban J connectivity index is 1.46. The normalized spacial score (nSPS) is 17.4. The first-order chi connectivity index (χ1) is 12.7. The van der Waals surface area contributed by atoms with Crippen molar-refractivity contribution in [1.29, 1.82) is 0 Å². The molecule has 1 aliphatic heterocycles. The van der Waals surface area contributed by atoms with Gasteiger partial charge in [0.2, 0.25) is 5.91 Å². The van der Waals surface area contributed by atoms with Gasteiger partial charge < -0.3 is 15.5 Å². The van der Waals surface area contributed by atoms with Gasteiger partial charge in [-0.15, -0.1) is 11.3 Å². The van der Waals surface area contributed by atoms with Crippen LogP contribution in [0.4, 0.5) is 5.82 Å². The van der Waals surface area contributed by atoms with Gasteiger partial charge in [-0.25, -0.2) is 9.97 Å². The number of nitrogens with zero attached hydrogens (tertiary/aromatic N) is 4. The molecule has 4 rings (SSSR count). The van der Waals surface area contributed by atoms with E-state index in [-0.39, 0.29) is 11.9 Å². The zero-order chi connectivity index (χ0) is 17.9. The Morgan fingerprint density at radius 3 is 3.23 bits per heavy atom. The third-order valence-electron chi connectivity index (χ3n) is 4.49. The summed E-state index contributed by atoms with van der Waals surface area (Å²) in [5.41, 5.74) is 3.14. The highest BCUT2D eigenvalue weighted by Crippen LogP contribution is 2.31. The number of aryl methyl sites for hydroxylation is 1. The van der Waals surface area contributed by atoms with Gasteiger partial charge >= 0.3 is 0 Å². The van der Waals surface area contributed by atoms with Crippen LogP contribution in [0.1, 0.15) is 11.1 Å². The van der Waals surface area contributed by atoms with Crippen LogP contribution < -0.4 is 15.5 Å². The van der Waals surface area contributed by atoms with Crippen molar-refractivity contribution in [2.75, 3.05) is 24.5 Å². The van der Waals surface area contributed by atoms with Crippen molar-refractivity contribution in [2.24, 2.45) is 0 Å². The summed E-state index contributed by atoms with van der Waals surface area (Å²) in [4.78, 5) is 27.7. The SMILES string of the molecule is Cc1csc2c(N3CCN[C@H](C(=O)NCc4cccnc4)C3)ncnc12. The minimum Gasteiger partial charge on any atom is -0.352 e. The van der Waals surface area contributed by atoms with Crippen LogP contribution in [0.2, 0.25) is 0 Å². The molecule has 1 saturated heterocycles. The molecule has 0 spiro atoms. The minimum absolute atomic E-state index is 0.00814. The summed E-state index contributed by atoms with van der Waals surface area (Å²) in [5, 5.41) is 8.38. The summed E-state index contributed by atoms with van der Waals surface area (Å²) < 4.78 is 1.08. The number of amides is 1. The molecular weight excluding hydrogens is 348 g/mol. The number of hydrogen-bond donors (Lipinski definition) is 2. The average molecular weight is 368 g/mol. The lowest BCUT2D eigenvalue weighted by molar-refractivity contribution is -0.123. The van der Waals surface area contributed by atoms with E-state index in [9.17, 15) is 4.79 Å². The second-order valence-corrected chi connectivity index (χ2v) is 7.21. The molecule has 3 aromatic rings. The predicted molar refractivity (Wildman–Crippen MR) is 102 cm³/mol. The summed E-state index contributed by atoms with van der Waals surface area (Å²) in [6.07, 6.45) is 5.09. The molecule has 4 heterocycles. The van der Waals surface area contributed by atoms with Crippen molar-refractivity contribution in [1.82, 2.24) is 25.6 Å². The molecule has 0 saturated carbocycles. The molecule has 7 nitrogen and oxygen atoms in total. The fraction of sp³-hybridized carbons (Fsp3) is 0.333. The van der Waals surface area contributed by atoms with Gasteiger partial charge in [-0.3, -0.25) is 9.78 Å². The van der Waals surface area contributed by atoms with E-state index >= 15 is 0 Å². The zero-order valence-corrected chi connectivity index (χ0v) is 15.3. The molecule has 0 aromatic carbocycles. The maximum atomic E-state index is 12.6. The van der Waals surface area contributed by atoms with Gasteiger partial charge in [-0.05, 0) is 29.5 Å².